The molecule has 2 atom stereocenters. The average Bonchev–Trinajstić information content (AvgIpc) is 3.18. The van der Waals surface area contributed by atoms with Crippen molar-refractivity contribution in [2.45, 2.75) is 37.8 Å². The molecule has 2 saturated heterocycles. The molecule has 0 aliphatic carbocycles. The fourth-order valence-corrected chi connectivity index (χ4v) is 5.52. The van der Waals surface area contributed by atoms with Crippen LogP contribution in [-0.2, 0) is 11.2 Å². The molecule has 0 bridgehead atoms. The maximum absolute atomic E-state index is 12.3. The monoisotopic (exact) mass is 514 g/mol. The van der Waals surface area contributed by atoms with Gasteiger partial charge in [-0.2, -0.15) is 0 Å². The molecule has 7 heteroatoms. The predicted octanol–water partition coefficient (Wildman–Crippen LogP) is 4.75. The summed E-state index contributed by atoms with van der Waals surface area (Å²) in [6.07, 6.45) is 4.09. The van der Waals surface area contributed by atoms with Gasteiger partial charge in [0.25, 0.3) is 0 Å². The molecule has 176 valence electrons. The Labute approximate surface area is 203 Å². The van der Waals surface area contributed by atoms with Gasteiger partial charge >= 0.3 is 6.09 Å². The summed E-state index contributed by atoms with van der Waals surface area (Å²) in [4.78, 5) is 16.7. The summed E-state index contributed by atoms with van der Waals surface area (Å²) >= 11 is 3.56. The minimum absolute atomic E-state index is 0.0471. The zero-order valence-electron chi connectivity index (χ0n) is 18.8. The number of amides is 1. The molecule has 2 aromatic rings. The van der Waals surface area contributed by atoms with Gasteiger partial charge in [0.05, 0.1) is 10.5 Å². The van der Waals surface area contributed by atoms with Crippen molar-refractivity contribution in [3.05, 3.63) is 58.6 Å². The highest BCUT2D eigenvalue weighted by molar-refractivity contribution is 9.10. The van der Waals surface area contributed by atoms with E-state index in [1.807, 2.05) is 41.3 Å². The highest BCUT2D eigenvalue weighted by Gasteiger charge is 2.34. The summed E-state index contributed by atoms with van der Waals surface area (Å²) in [6, 6.07) is 16.4. The second kappa shape index (κ2) is 10.3. The van der Waals surface area contributed by atoms with Gasteiger partial charge in [-0.15, -0.1) is 0 Å². The summed E-state index contributed by atoms with van der Waals surface area (Å²) in [5.41, 5.74) is 1.25. The lowest BCUT2D eigenvalue weighted by atomic mass is 9.93. The minimum Gasteiger partial charge on any atom is -0.486 e. The fraction of sp³-hybridized carbons (Fsp3) is 0.500. The number of carbonyl (C=O) groups is 1. The van der Waals surface area contributed by atoms with Crippen molar-refractivity contribution in [1.29, 1.82) is 0 Å². The SMILES string of the molecule is O=C1OC[C@H](Cc2ccccc2)N1CCC1CCN(C[C@H]2COc3cccc(Br)c3O2)CC1. The molecule has 3 heterocycles. The summed E-state index contributed by atoms with van der Waals surface area (Å²) < 4.78 is 18.4. The van der Waals surface area contributed by atoms with E-state index in [0.29, 0.717) is 19.1 Å². The molecule has 2 fully saturated rings. The Hall–Kier alpha value is -2.25. The molecule has 2 aromatic carbocycles. The smallest absolute Gasteiger partial charge is 0.410 e. The highest BCUT2D eigenvalue weighted by Crippen LogP contribution is 2.38. The van der Waals surface area contributed by atoms with E-state index in [2.05, 4.69) is 33.0 Å². The number of rotatable bonds is 7. The van der Waals surface area contributed by atoms with Gasteiger partial charge in [0.15, 0.2) is 11.5 Å². The molecule has 0 spiro atoms. The van der Waals surface area contributed by atoms with Crippen LogP contribution in [0, 0.1) is 5.92 Å². The first-order valence-corrected chi connectivity index (χ1v) is 12.7. The standard InChI is InChI=1S/C26H31BrN2O4/c27-23-7-4-8-24-25(23)33-22(18-31-24)16-28-12-9-19(10-13-28)11-14-29-21(17-32-26(29)30)15-20-5-2-1-3-6-20/h1-8,19,21-22H,9-18H2/t21-,22-/m0/s1. The van der Waals surface area contributed by atoms with Crippen LogP contribution >= 0.6 is 15.9 Å². The Morgan fingerprint density at radius 2 is 1.79 bits per heavy atom. The molecule has 5 rings (SSSR count). The molecule has 0 aromatic heterocycles. The maximum atomic E-state index is 12.3. The van der Waals surface area contributed by atoms with E-state index in [-0.39, 0.29) is 18.2 Å². The van der Waals surface area contributed by atoms with Crippen LogP contribution in [-0.4, -0.2) is 67.4 Å². The number of para-hydroxylation sites is 1. The third-order valence-electron chi connectivity index (χ3n) is 6.98. The normalized spacial score (nSPS) is 23.5. The Morgan fingerprint density at radius 3 is 2.61 bits per heavy atom. The number of fused-ring (bicyclic) bond motifs is 1. The van der Waals surface area contributed by atoms with E-state index < -0.39 is 0 Å². The van der Waals surface area contributed by atoms with Crippen molar-refractivity contribution in [3.63, 3.8) is 0 Å². The maximum Gasteiger partial charge on any atom is 0.410 e. The quantitative estimate of drug-likeness (QED) is 0.533. The van der Waals surface area contributed by atoms with Gasteiger partial charge in [-0.05, 0) is 78.3 Å². The van der Waals surface area contributed by atoms with Gasteiger partial charge in [0.1, 0.15) is 19.3 Å². The Morgan fingerprint density at radius 1 is 0.970 bits per heavy atom. The molecule has 3 aliphatic heterocycles. The largest absolute Gasteiger partial charge is 0.486 e. The van der Waals surface area contributed by atoms with Crippen LogP contribution in [0.25, 0.3) is 0 Å². The molecule has 1 amide bonds. The first-order valence-electron chi connectivity index (χ1n) is 11.9. The molecule has 3 aliphatic rings. The van der Waals surface area contributed by atoms with Gasteiger partial charge in [-0.25, -0.2) is 4.79 Å². The number of nitrogens with zero attached hydrogens (tertiary/aromatic N) is 2. The van der Waals surface area contributed by atoms with Crippen LogP contribution in [0.5, 0.6) is 11.5 Å². The van der Waals surface area contributed by atoms with Gasteiger partial charge < -0.3 is 19.1 Å². The number of ether oxygens (including phenoxy) is 3. The summed E-state index contributed by atoms with van der Waals surface area (Å²) in [7, 11) is 0. The topological polar surface area (TPSA) is 51.2 Å². The number of piperidine rings is 1. The second-order valence-corrected chi connectivity index (χ2v) is 10.1. The number of benzene rings is 2. The Bertz CT molecular complexity index is 949. The zero-order valence-corrected chi connectivity index (χ0v) is 20.4. The third-order valence-corrected chi connectivity index (χ3v) is 7.60. The van der Waals surface area contributed by atoms with E-state index >= 15 is 0 Å². The number of carbonyl (C=O) groups excluding carboxylic acids is 1. The van der Waals surface area contributed by atoms with Gasteiger partial charge in [-0.3, -0.25) is 4.90 Å². The van der Waals surface area contributed by atoms with Gasteiger partial charge in [0.2, 0.25) is 0 Å². The van der Waals surface area contributed by atoms with Crippen molar-refractivity contribution in [3.8, 4) is 11.5 Å². The van der Waals surface area contributed by atoms with E-state index in [0.717, 1.165) is 67.8 Å². The number of likely N-dealkylation sites (tertiary alicyclic amines) is 1. The predicted molar refractivity (Wildman–Crippen MR) is 130 cm³/mol. The fourth-order valence-electron chi connectivity index (χ4n) is 5.08. The second-order valence-electron chi connectivity index (χ2n) is 9.26. The lowest BCUT2D eigenvalue weighted by Crippen LogP contribution is -2.44. The molecule has 0 unspecified atom stereocenters. The van der Waals surface area contributed by atoms with E-state index in [1.54, 1.807) is 0 Å². The molecular weight excluding hydrogens is 484 g/mol. The van der Waals surface area contributed by atoms with Crippen molar-refractivity contribution < 1.29 is 19.0 Å². The molecule has 6 nitrogen and oxygen atoms in total. The molecule has 0 N–H and O–H groups in total. The highest BCUT2D eigenvalue weighted by atomic mass is 79.9. The molecular formula is C26H31BrN2O4. The summed E-state index contributed by atoms with van der Waals surface area (Å²) in [5.74, 6) is 2.27. The van der Waals surface area contributed by atoms with Crippen molar-refractivity contribution in [2.75, 3.05) is 39.4 Å². The van der Waals surface area contributed by atoms with Crippen molar-refractivity contribution in [1.82, 2.24) is 9.80 Å². The van der Waals surface area contributed by atoms with Crippen molar-refractivity contribution in [2.24, 2.45) is 5.92 Å². The number of cyclic esters (lactones) is 1. The number of hydrogen-bond acceptors (Lipinski definition) is 5. The van der Waals surface area contributed by atoms with E-state index in [9.17, 15) is 4.79 Å². The van der Waals surface area contributed by atoms with Crippen LogP contribution < -0.4 is 9.47 Å². The van der Waals surface area contributed by atoms with Gasteiger partial charge in [0, 0.05) is 13.1 Å². The van der Waals surface area contributed by atoms with Crippen LogP contribution in [0.2, 0.25) is 0 Å². The van der Waals surface area contributed by atoms with E-state index in [4.69, 9.17) is 14.2 Å². The van der Waals surface area contributed by atoms with Crippen LogP contribution in [0.4, 0.5) is 4.79 Å². The first-order chi connectivity index (χ1) is 16.2. The summed E-state index contributed by atoms with van der Waals surface area (Å²) in [5, 5.41) is 0. The zero-order chi connectivity index (χ0) is 22.6. The Kier molecular flexibility index (Phi) is 7.07. The minimum atomic E-state index is -0.158. The van der Waals surface area contributed by atoms with Gasteiger partial charge in [-0.1, -0.05) is 36.4 Å². The number of halogens is 1. The summed E-state index contributed by atoms with van der Waals surface area (Å²) in [6.45, 7) is 4.87. The molecule has 0 saturated carbocycles. The van der Waals surface area contributed by atoms with Crippen LogP contribution in [0.1, 0.15) is 24.8 Å². The van der Waals surface area contributed by atoms with Crippen molar-refractivity contribution >= 4 is 22.0 Å². The third kappa shape index (κ3) is 5.46. The number of hydrogen-bond donors (Lipinski definition) is 0. The average molecular weight is 515 g/mol. The lowest BCUT2D eigenvalue weighted by molar-refractivity contribution is 0.0459. The van der Waals surface area contributed by atoms with E-state index in [1.165, 1.54) is 5.56 Å². The lowest BCUT2D eigenvalue weighted by Gasteiger charge is -2.36. The first kappa shape index (κ1) is 22.5. The molecule has 0 radical (unpaired) electrons. The van der Waals surface area contributed by atoms with Crippen LogP contribution in [0.15, 0.2) is 53.0 Å². The van der Waals surface area contributed by atoms with Crippen LogP contribution in [0.3, 0.4) is 0 Å². The molecule has 33 heavy (non-hydrogen) atoms. The Balaban J connectivity index is 1.07.